The van der Waals surface area contributed by atoms with Gasteiger partial charge >= 0.3 is 0 Å². The Morgan fingerprint density at radius 2 is 2.14 bits per heavy atom. The SMILES string of the molecule is CCc1nc(-c2cncnc2C2CCN(C(=O)c3c(C(C)C)noc3C)C2)no1. The van der Waals surface area contributed by atoms with E-state index < -0.39 is 0 Å². The van der Waals surface area contributed by atoms with Crippen LogP contribution in [-0.4, -0.2) is 49.2 Å². The number of likely N-dealkylation sites (tertiary alicyclic amines) is 1. The molecule has 1 fully saturated rings. The summed E-state index contributed by atoms with van der Waals surface area (Å²) in [6, 6.07) is 0. The van der Waals surface area contributed by atoms with Crippen molar-refractivity contribution < 1.29 is 13.8 Å². The molecule has 3 aromatic heterocycles. The van der Waals surface area contributed by atoms with Crippen LogP contribution in [0.1, 0.15) is 72.4 Å². The Balaban J connectivity index is 1.58. The molecule has 4 heterocycles. The van der Waals surface area contributed by atoms with Gasteiger partial charge in [-0.1, -0.05) is 31.1 Å². The molecule has 1 aliphatic rings. The summed E-state index contributed by atoms with van der Waals surface area (Å²) in [5.41, 5.74) is 2.87. The number of rotatable bonds is 5. The first kappa shape index (κ1) is 19.2. The minimum absolute atomic E-state index is 0.0432. The molecule has 3 aromatic rings. The summed E-state index contributed by atoms with van der Waals surface area (Å²) in [5, 5.41) is 8.14. The van der Waals surface area contributed by atoms with E-state index in [4.69, 9.17) is 9.05 Å². The smallest absolute Gasteiger partial charge is 0.259 e. The molecule has 0 aromatic carbocycles. The van der Waals surface area contributed by atoms with Crippen LogP contribution in [0.15, 0.2) is 21.6 Å². The van der Waals surface area contributed by atoms with E-state index >= 15 is 0 Å². The second kappa shape index (κ2) is 7.73. The van der Waals surface area contributed by atoms with Crippen molar-refractivity contribution in [3.8, 4) is 11.4 Å². The lowest BCUT2D eigenvalue weighted by atomic mass is 10.00. The number of hydrogen-bond acceptors (Lipinski definition) is 8. The highest BCUT2D eigenvalue weighted by Gasteiger charge is 2.34. The molecule has 0 N–H and O–H groups in total. The summed E-state index contributed by atoms with van der Waals surface area (Å²) in [6.07, 6.45) is 4.69. The summed E-state index contributed by atoms with van der Waals surface area (Å²) in [4.78, 5) is 28.1. The van der Waals surface area contributed by atoms with E-state index in [0.29, 0.717) is 48.2 Å². The van der Waals surface area contributed by atoms with Crippen LogP contribution >= 0.6 is 0 Å². The fourth-order valence-corrected chi connectivity index (χ4v) is 3.71. The van der Waals surface area contributed by atoms with Gasteiger partial charge in [-0.2, -0.15) is 4.98 Å². The molecule has 0 spiro atoms. The second-order valence-corrected chi connectivity index (χ2v) is 7.58. The molecule has 152 valence electrons. The first-order chi connectivity index (χ1) is 14.0. The average molecular weight is 396 g/mol. The average Bonchev–Trinajstić information content (AvgIpc) is 3.46. The largest absolute Gasteiger partial charge is 0.361 e. The molecular weight excluding hydrogens is 372 g/mol. The third-order valence-corrected chi connectivity index (χ3v) is 5.27. The van der Waals surface area contributed by atoms with Gasteiger partial charge in [0.2, 0.25) is 11.7 Å². The highest BCUT2D eigenvalue weighted by atomic mass is 16.5. The predicted octanol–water partition coefficient (Wildman–Crippen LogP) is 3.14. The fourth-order valence-electron chi connectivity index (χ4n) is 3.71. The van der Waals surface area contributed by atoms with E-state index in [9.17, 15) is 4.79 Å². The van der Waals surface area contributed by atoms with Crippen molar-refractivity contribution in [3.63, 3.8) is 0 Å². The van der Waals surface area contributed by atoms with Crippen molar-refractivity contribution in [2.45, 2.75) is 52.4 Å². The minimum Gasteiger partial charge on any atom is -0.361 e. The molecule has 0 aliphatic carbocycles. The number of nitrogens with zero attached hydrogens (tertiary/aromatic N) is 6. The predicted molar refractivity (Wildman–Crippen MR) is 103 cm³/mol. The molecule has 29 heavy (non-hydrogen) atoms. The molecule has 0 saturated carbocycles. The van der Waals surface area contributed by atoms with Crippen molar-refractivity contribution in [3.05, 3.63) is 41.1 Å². The Morgan fingerprint density at radius 3 is 2.86 bits per heavy atom. The molecule has 1 unspecified atom stereocenters. The Labute approximate surface area is 168 Å². The zero-order chi connectivity index (χ0) is 20.5. The summed E-state index contributed by atoms with van der Waals surface area (Å²) < 4.78 is 10.5. The normalized spacial score (nSPS) is 16.7. The van der Waals surface area contributed by atoms with Crippen LogP contribution in [0.2, 0.25) is 0 Å². The van der Waals surface area contributed by atoms with Crippen LogP contribution in [0.3, 0.4) is 0 Å². The maximum atomic E-state index is 13.2. The van der Waals surface area contributed by atoms with Crippen LogP contribution in [0.25, 0.3) is 11.4 Å². The zero-order valence-electron chi connectivity index (χ0n) is 17.0. The van der Waals surface area contributed by atoms with E-state index in [1.807, 2.05) is 25.7 Å². The first-order valence-electron chi connectivity index (χ1n) is 9.87. The van der Waals surface area contributed by atoms with E-state index in [0.717, 1.165) is 17.7 Å². The maximum Gasteiger partial charge on any atom is 0.259 e. The van der Waals surface area contributed by atoms with Crippen LogP contribution in [-0.2, 0) is 6.42 Å². The van der Waals surface area contributed by atoms with Gasteiger partial charge in [0.15, 0.2) is 0 Å². The molecular formula is C20H24N6O3. The molecule has 0 bridgehead atoms. The van der Waals surface area contributed by atoms with Crippen LogP contribution < -0.4 is 0 Å². The Bertz CT molecular complexity index is 1020. The van der Waals surface area contributed by atoms with E-state index in [1.54, 1.807) is 13.1 Å². The molecule has 1 atom stereocenters. The van der Waals surface area contributed by atoms with Gasteiger partial charge in [0, 0.05) is 31.6 Å². The molecule has 1 saturated heterocycles. The van der Waals surface area contributed by atoms with Gasteiger partial charge in [0.05, 0.1) is 17.0 Å². The van der Waals surface area contributed by atoms with Crippen molar-refractivity contribution in [2.75, 3.05) is 13.1 Å². The number of carbonyl (C=O) groups is 1. The van der Waals surface area contributed by atoms with Gasteiger partial charge in [-0.05, 0) is 19.3 Å². The number of aromatic nitrogens is 5. The first-order valence-corrected chi connectivity index (χ1v) is 9.87. The van der Waals surface area contributed by atoms with Gasteiger partial charge in [-0.15, -0.1) is 0 Å². The number of aryl methyl sites for hydroxylation is 2. The Hall–Kier alpha value is -3.10. The topological polar surface area (TPSA) is 111 Å². The lowest BCUT2D eigenvalue weighted by Crippen LogP contribution is -2.29. The molecule has 9 heteroatoms. The van der Waals surface area contributed by atoms with Crippen molar-refractivity contribution in [1.82, 2.24) is 30.2 Å². The van der Waals surface area contributed by atoms with Gasteiger partial charge in [0.1, 0.15) is 17.7 Å². The van der Waals surface area contributed by atoms with Crippen LogP contribution in [0, 0.1) is 6.92 Å². The maximum absolute atomic E-state index is 13.2. The Morgan fingerprint density at radius 1 is 1.31 bits per heavy atom. The second-order valence-electron chi connectivity index (χ2n) is 7.58. The number of amides is 1. The summed E-state index contributed by atoms with van der Waals surface area (Å²) in [6.45, 7) is 8.94. The van der Waals surface area contributed by atoms with Crippen LogP contribution in [0.4, 0.5) is 0 Å². The molecule has 0 radical (unpaired) electrons. The number of carbonyl (C=O) groups excluding carboxylic acids is 1. The Kier molecular flexibility index (Phi) is 5.12. The molecule has 1 amide bonds. The summed E-state index contributed by atoms with van der Waals surface area (Å²) in [5.74, 6) is 1.76. The molecule has 9 nitrogen and oxygen atoms in total. The third kappa shape index (κ3) is 3.52. The van der Waals surface area contributed by atoms with Gasteiger partial charge in [0.25, 0.3) is 5.91 Å². The molecule has 4 rings (SSSR count). The van der Waals surface area contributed by atoms with Gasteiger partial charge in [-0.3, -0.25) is 4.79 Å². The zero-order valence-corrected chi connectivity index (χ0v) is 17.0. The van der Waals surface area contributed by atoms with Gasteiger partial charge < -0.3 is 13.9 Å². The van der Waals surface area contributed by atoms with E-state index in [1.165, 1.54) is 6.33 Å². The molecule has 1 aliphatic heterocycles. The standard InChI is InChI=1S/C20H24N6O3/c1-5-15-23-19(25-29-15)14-8-21-10-22-18(14)13-6-7-26(9-13)20(27)16-12(4)28-24-17(16)11(2)3/h8,10-11,13H,5-7,9H2,1-4H3. The number of hydrogen-bond donors (Lipinski definition) is 0. The highest BCUT2D eigenvalue weighted by molar-refractivity contribution is 5.96. The monoisotopic (exact) mass is 396 g/mol. The van der Waals surface area contributed by atoms with Crippen molar-refractivity contribution in [2.24, 2.45) is 0 Å². The lowest BCUT2D eigenvalue weighted by molar-refractivity contribution is 0.0787. The quantitative estimate of drug-likeness (QED) is 0.647. The fraction of sp³-hybridized carbons (Fsp3) is 0.500. The lowest BCUT2D eigenvalue weighted by Gasteiger charge is -2.17. The van der Waals surface area contributed by atoms with Crippen molar-refractivity contribution in [1.29, 1.82) is 0 Å². The third-order valence-electron chi connectivity index (χ3n) is 5.27. The van der Waals surface area contributed by atoms with E-state index in [-0.39, 0.29) is 17.7 Å². The summed E-state index contributed by atoms with van der Waals surface area (Å²) in [7, 11) is 0. The highest BCUT2D eigenvalue weighted by Crippen LogP contribution is 2.33. The van der Waals surface area contributed by atoms with E-state index in [2.05, 4.69) is 25.3 Å². The van der Waals surface area contributed by atoms with Gasteiger partial charge in [-0.25, -0.2) is 9.97 Å². The summed E-state index contributed by atoms with van der Waals surface area (Å²) >= 11 is 0. The van der Waals surface area contributed by atoms with Crippen molar-refractivity contribution >= 4 is 5.91 Å². The van der Waals surface area contributed by atoms with Crippen LogP contribution in [0.5, 0.6) is 0 Å². The minimum atomic E-state index is -0.0432.